The second-order valence-electron chi connectivity index (χ2n) is 6.75. The predicted octanol–water partition coefficient (Wildman–Crippen LogP) is 5.62. The van der Waals surface area contributed by atoms with Gasteiger partial charge < -0.3 is 4.90 Å². The van der Waals surface area contributed by atoms with Crippen LogP contribution in [0.5, 0.6) is 0 Å². The summed E-state index contributed by atoms with van der Waals surface area (Å²) in [5.74, 6) is -0.0139. The minimum absolute atomic E-state index is 0.00483. The lowest BCUT2D eigenvalue weighted by molar-refractivity contribution is -0.131. The highest BCUT2D eigenvalue weighted by molar-refractivity contribution is 7.92. The van der Waals surface area contributed by atoms with Gasteiger partial charge in [-0.3, -0.25) is 9.52 Å². The van der Waals surface area contributed by atoms with Gasteiger partial charge in [-0.25, -0.2) is 8.42 Å². The Hall–Kier alpha value is -2.06. The van der Waals surface area contributed by atoms with Crippen molar-refractivity contribution in [2.45, 2.75) is 24.3 Å². The van der Waals surface area contributed by atoms with E-state index >= 15 is 0 Å². The summed E-state index contributed by atoms with van der Waals surface area (Å²) in [5, 5.41) is 2.43. The van der Waals surface area contributed by atoms with Crippen molar-refractivity contribution in [1.82, 2.24) is 4.90 Å². The predicted molar refractivity (Wildman–Crippen MR) is 123 cm³/mol. The molecule has 0 bridgehead atoms. The van der Waals surface area contributed by atoms with Crippen LogP contribution in [0.4, 0.5) is 5.69 Å². The van der Waals surface area contributed by atoms with Crippen molar-refractivity contribution < 1.29 is 13.2 Å². The second-order valence-corrected chi connectivity index (χ2v) is 10.2. The fourth-order valence-corrected chi connectivity index (χ4v) is 5.06. The van der Waals surface area contributed by atoms with Crippen molar-refractivity contribution in [1.29, 1.82) is 0 Å². The Kier molecular flexibility index (Phi) is 7.08. The second kappa shape index (κ2) is 9.39. The van der Waals surface area contributed by atoms with Gasteiger partial charge in [0.15, 0.2) is 0 Å². The minimum atomic E-state index is -3.81. The van der Waals surface area contributed by atoms with Gasteiger partial charge in [0.05, 0.1) is 27.4 Å². The standard InChI is InChI=1S/C21H20Cl2N2O3S2/c1-14(20-4-3-11-29-20)25(2)21(26)12-15-5-7-16(8-6-15)24-30(27,28)17-9-10-18(22)19(23)13-17/h3-11,13-14,24H,12H2,1-2H3. The summed E-state index contributed by atoms with van der Waals surface area (Å²) in [6.07, 6.45) is 0.228. The zero-order valence-corrected chi connectivity index (χ0v) is 19.4. The van der Waals surface area contributed by atoms with Gasteiger partial charge in [0, 0.05) is 17.6 Å². The third-order valence-electron chi connectivity index (χ3n) is 4.69. The lowest BCUT2D eigenvalue weighted by atomic mass is 10.1. The van der Waals surface area contributed by atoms with E-state index in [-0.39, 0.29) is 33.3 Å². The number of amides is 1. The van der Waals surface area contributed by atoms with E-state index in [2.05, 4.69) is 4.72 Å². The first kappa shape index (κ1) is 22.6. The smallest absolute Gasteiger partial charge is 0.261 e. The molecular formula is C21H20Cl2N2O3S2. The van der Waals surface area contributed by atoms with E-state index in [0.29, 0.717) is 5.69 Å². The van der Waals surface area contributed by atoms with Gasteiger partial charge in [0.2, 0.25) is 5.91 Å². The van der Waals surface area contributed by atoms with E-state index in [4.69, 9.17) is 23.2 Å². The number of nitrogens with zero attached hydrogens (tertiary/aromatic N) is 1. The van der Waals surface area contributed by atoms with Crippen LogP contribution in [0.3, 0.4) is 0 Å². The molecule has 0 spiro atoms. The third kappa shape index (κ3) is 5.35. The number of rotatable bonds is 7. The van der Waals surface area contributed by atoms with Gasteiger partial charge in [0.1, 0.15) is 0 Å². The summed E-state index contributed by atoms with van der Waals surface area (Å²) >= 11 is 13.4. The Bertz CT molecular complexity index is 1130. The number of likely N-dealkylation sites (N-methyl/N-ethyl adjacent to an activating group) is 1. The Morgan fingerprint density at radius 3 is 2.40 bits per heavy atom. The first-order chi connectivity index (χ1) is 14.2. The van der Waals surface area contributed by atoms with E-state index in [1.54, 1.807) is 47.5 Å². The maximum absolute atomic E-state index is 12.6. The number of hydrogen-bond acceptors (Lipinski definition) is 4. The molecule has 30 heavy (non-hydrogen) atoms. The molecule has 1 atom stereocenters. The number of halogens is 2. The molecule has 1 aromatic heterocycles. The number of benzene rings is 2. The van der Waals surface area contributed by atoms with Gasteiger partial charge >= 0.3 is 0 Å². The van der Waals surface area contributed by atoms with Crippen molar-refractivity contribution in [3.05, 3.63) is 80.5 Å². The van der Waals surface area contributed by atoms with Crippen LogP contribution in [0, 0.1) is 0 Å². The average Bonchev–Trinajstić information content (AvgIpc) is 3.25. The Balaban J connectivity index is 1.66. The fourth-order valence-electron chi connectivity index (χ4n) is 2.78. The molecule has 1 N–H and O–H groups in total. The molecule has 0 saturated carbocycles. The highest BCUT2D eigenvalue weighted by atomic mass is 35.5. The maximum atomic E-state index is 12.6. The zero-order chi connectivity index (χ0) is 21.9. The lowest BCUT2D eigenvalue weighted by Gasteiger charge is -2.24. The number of nitrogens with one attached hydrogen (secondary N) is 1. The summed E-state index contributed by atoms with van der Waals surface area (Å²) in [5.41, 5.74) is 1.18. The van der Waals surface area contributed by atoms with Crippen molar-refractivity contribution >= 4 is 56.2 Å². The monoisotopic (exact) mass is 482 g/mol. The quantitative estimate of drug-likeness (QED) is 0.475. The molecule has 1 heterocycles. The first-order valence-electron chi connectivity index (χ1n) is 9.03. The fraction of sp³-hybridized carbons (Fsp3) is 0.190. The summed E-state index contributed by atoms with van der Waals surface area (Å²) in [4.78, 5) is 15.5. The number of sulfonamides is 1. The number of thiophene rings is 1. The van der Waals surface area contributed by atoms with Crippen LogP contribution >= 0.6 is 34.5 Å². The average molecular weight is 483 g/mol. The van der Waals surface area contributed by atoms with Gasteiger partial charge in [-0.15, -0.1) is 11.3 Å². The number of carbonyl (C=O) groups is 1. The van der Waals surface area contributed by atoms with Gasteiger partial charge in [-0.1, -0.05) is 41.4 Å². The van der Waals surface area contributed by atoms with Crippen molar-refractivity contribution in [2.75, 3.05) is 11.8 Å². The normalized spacial score (nSPS) is 12.4. The number of hydrogen-bond donors (Lipinski definition) is 1. The lowest BCUT2D eigenvalue weighted by Crippen LogP contribution is -2.30. The molecule has 0 aliphatic carbocycles. The van der Waals surface area contributed by atoms with Gasteiger partial charge in [-0.05, 0) is 54.3 Å². The third-order valence-corrected chi connectivity index (χ3v) is 7.85. The summed E-state index contributed by atoms with van der Waals surface area (Å²) < 4.78 is 27.6. The maximum Gasteiger partial charge on any atom is 0.261 e. The molecule has 0 radical (unpaired) electrons. The van der Waals surface area contributed by atoms with E-state index in [9.17, 15) is 13.2 Å². The van der Waals surface area contributed by atoms with Crippen LogP contribution in [0.25, 0.3) is 0 Å². The molecule has 3 rings (SSSR count). The summed E-state index contributed by atoms with van der Waals surface area (Å²) in [7, 11) is -2.02. The number of anilines is 1. The molecule has 3 aromatic rings. The summed E-state index contributed by atoms with van der Waals surface area (Å²) in [6, 6.07) is 14.8. The molecule has 5 nitrogen and oxygen atoms in total. The van der Waals surface area contributed by atoms with E-state index in [0.717, 1.165) is 10.4 Å². The van der Waals surface area contributed by atoms with E-state index in [1.807, 2.05) is 24.4 Å². The molecule has 158 valence electrons. The van der Waals surface area contributed by atoms with Crippen LogP contribution in [0.15, 0.2) is 64.9 Å². The molecule has 0 fully saturated rings. The molecule has 0 aliphatic heterocycles. The van der Waals surface area contributed by atoms with E-state index in [1.165, 1.54) is 18.2 Å². The van der Waals surface area contributed by atoms with Crippen LogP contribution < -0.4 is 4.72 Å². The topological polar surface area (TPSA) is 66.5 Å². The molecule has 9 heteroatoms. The molecule has 0 aliphatic rings. The first-order valence-corrected chi connectivity index (χ1v) is 12.1. The molecule has 1 amide bonds. The molecule has 2 aromatic carbocycles. The number of carbonyl (C=O) groups excluding carboxylic acids is 1. The van der Waals surface area contributed by atoms with Crippen molar-refractivity contribution in [2.24, 2.45) is 0 Å². The van der Waals surface area contributed by atoms with Crippen molar-refractivity contribution in [3.63, 3.8) is 0 Å². The highest BCUT2D eigenvalue weighted by Crippen LogP contribution is 2.27. The van der Waals surface area contributed by atoms with Crippen LogP contribution in [-0.2, 0) is 21.2 Å². The van der Waals surface area contributed by atoms with Gasteiger partial charge in [-0.2, -0.15) is 0 Å². The van der Waals surface area contributed by atoms with Crippen LogP contribution in [-0.4, -0.2) is 26.3 Å². The Morgan fingerprint density at radius 2 is 1.80 bits per heavy atom. The Labute approximate surface area is 190 Å². The van der Waals surface area contributed by atoms with Crippen LogP contribution in [0.2, 0.25) is 10.0 Å². The highest BCUT2D eigenvalue weighted by Gasteiger charge is 2.19. The molecular weight excluding hydrogens is 463 g/mol. The molecule has 1 unspecified atom stereocenters. The largest absolute Gasteiger partial charge is 0.338 e. The summed E-state index contributed by atoms with van der Waals surface area (Å²) in [6.45, 7) is 1.99. The molecule has 0 saturated heterocycles. The Morgan fingerprint density at radius 1 is 1.10 bits per heavy atom. The SMILES string of the molecule is CC(c1cccs1)N(C)C(=O)Cc1ccc(NS(=O)(=O)c2ccc(Cl)c(Cl)c2)cc1. The van der Waals surface area contributed by atoms with Crippen molar-refractivity contribution in [3.8, 4) is 0 Å². The van der Waals surface area contributed by atoms with Gasteiger partial charge in [0.25, 0.3) is 10.0 Å². The van der Waals surface area contributed by atoms with Crippen LogP contribution in [0.1, 0.15) is 23.4 Å². The zero-order valence-electron chi connectivity index (χ0n) is 16.3. The van der Waals surface area contributed by atoms with E-state index < -0.39 is 10.0 Å². The minimum Gasteiger partial charge on any atom is -0.338 e.